The summed E-state index contributed by atoms with van der Waals surface area (Å²) in [7, 11) is 0. The molecule has 6 rings (SSSR count). The molecule has 0 amide bonds. The van der Waals surface area contributed by atoms with E-state index < -0.39 is 0 Å². The van der Waals surface area contributed by atoms with Crippen LogP contribution in [0.1, 0.15) is 34.0 Å². The largest absolute Gasteiger partial charge is 0.438 e. The third kappa shape index (κ3) is 3.15. The highest BCUT2D eigenvalue weighted by molar-refractivity contribution is 9.10. The number of halogens is 1. The normalized spacial score (nSPS) is 14.4. The first-order valence-electron chi connectivity index (χ1n) is 11.0. The van der Waals surface area contributed by atoms with Crippen LogP contribution in [0, 0.1) is 13.8 Å². The molecular formula is C27H21BrN4O2. The van der Waals surface area contributed by atoms with Crippen molar-refractivity contribution in [2.45, 2.75) is 19.8 Å². The SMILES string of the molecule is Cc1nn(-c2ccccc2)c2c1C(c1c(C)[nH]n(-c3ccccc3)c1=O)c1cc(Br)ccc1O2. The zero-order valence-electron chi connectivity index (χ0n) is 18.6. The van der Waals surface area contributed by atoms with E-state index in [2.05, 4.69) is 21.0 Å². The fourth-order valence-electron chi connectivity index (χ4n) is 4.75. The van der Waals surface area contributed by atoms with Gasteiger partial charge in [0.15, 0.2) is 0 Å². The Balaban J connectivity index is 1.63. The van der Waals surface area contributed by atoms with Crippen LogP contribution in [0.15, 0.2) is 88.1 Å². The van der Waals surface area contributed by atoms with Crippen LogP contribution >= 0.6 is 15.9 Å². The lowest BCUT2D eigenvalue weighted by Crippen LogP contribution is -2.22. The summed E-state index contributed by atoms with van der Waals surface area (Å²) in [5.74, 6) is 1.02. The van der Waals surface area contributed by atoms with Crippen LogP contribution in [0.5, 0.6) is 11.6 Å². The summed E-state index contributed by atoms with van der Waals surface area (Å²) in [5, 5.41) is 8.11. The molecule has 0 radical (unpaired) electrons. The van der Waals surface area contributed by atoms with Crippen molar-refractivity contribution >= 4 is 15.9 Å². The second-order valence-electron chi connectivity index (χ2n) is 8.40. The summed E-state index contributed by atoms with van der Waals surface area (Å²) < 4.78 is 10.8. The van der Waals surface area contributed by atoms with Gasteiger partial charge in [0, 0.05) is 15.7 Å². The van der Waals surface area contributed by atoms with Gasteiger partial charge in [-0.25, -0.2) is 9.36 Å². The highest BCUT2D eigenvalue weighted by Crippen LogP contribution is 2.49. The van der Waals surface area contributed by atoms with Crippen molar-refractivity contribution in [1.29, 1.82) is 0 Å². The quantitative estimate of drug-likeness (QED) is 0.315. The Bertz CT molecular complexity index is 1580. The number of para-hydroxylation sites is 2. The number of H-pyrrole nitrogens is 1. The number of nitrogens with zero attached hydrogens (tertiary/aromatic N) is 3. The van der Waals surface area contributed by atoms with Gasteiger partial charge < -0.3 is 4.74 Å². The number of aromatic nitrogens is 4. The van der Waals surface area contributed by atoms with Crippen LogP contribution in [0.2, 0.25) is 0 Å². The Kier molecular flexibility index (Phi) is 4.81. The predicted molar refractivity (Wildman–Crippen MR) is 135 cm³/mol. The van der Waals surface area contributed by atoms with Crippen LogP contribution in [0.3, 0.4) is 0 Å². The number of nitrogens with one attached hydrogen (secondary N) is 1. The summed E-state index contributed by atoms with van der Waals surface area (Å²) in [6.07, 6.45) is 0. The minimum atomic E-state index is -0.331. The lowest BCUT2D eigenvalue weighted by Gasteiger charge is -2.26. The fourth-order valence-corrected chi connectivity index (χ4v) is 5.13. The number of rotatable bonds is 3. The first kappa shape index (κ1) is 20.7. The molecule has 0 aliphatic carbocycles. The van der Waals surface area contributed by atoms with Gasteiger partial charge in [-0.15, -0.1) is 0 Å². The molecule has 34 heavy (non-hydrogen) atoms. The Morgan fingerprint density at radius 2 is 1.59 bits per heavy atom. The number of aryl methyl sites for hydroxylation is 2. The fraction of sp³-hybridized carbons (Fsp3) is 0.111. The average Bonchev–Trinajstić information content (AvgIpc) is 3.34. The van der Waals surface area contributed by atoms with Crippen LogP contribution in [-0.4, -0.2) is 19.6 Å². The molecule has 0 bridgehead atoms. The molecule has 3 aromatic carbocycles. The van der Waals surface area contributed by atoms with Crippen LogP contribution in [0.25, 0.3) is 11.4 Å². The number of aromatic amines is 1. The van der Waals surface area contributed by atoms with Gasteiger partial charge in [0.2, 0.25) is 5.88 Å². The van der Waals surface area contributed by atoms with Crippen LogP contribution < -0.4 is 10.3 Å². The first-order valence-corrected chi connectivity index (χ1v) is 11.8. The Labute approximate surface area is 204 Å². The van der Waals surface area contributed by atoms with Gasteiger partial charge in [0.25, 0.3) is 5.56 Å². The molecule has 0 fully saturated rings. The molecule has 168 valence electrons. The van der Waals surface area contributed by atoms with E-state index in [4.69, 9.17) is 9.84 Å². The molecule has 0 saturated carbocycles. The molecule has 3 heterocycles. The second-order valence-corrected chi connectivity index (χ2v) is 9.31. The molecular weight excluding hydrogens is 492 g/mol. The molecule has 1 aliphatic heterocycles. The summed E-state index contributed by atoms with van der Waals surface area (Å²) in [4.78, 5) is 13.8. The highest BCUT2D eigenvalue weighted by Gasteiger charge is 2.38. The Morgan fingerprint density at radius 3 is 2.29 bits per heavy atom. The van der Waals surface area contributed by atoms with Gasteiger partial charge in [-0.05, 0) is 56.3 Å². The number of fused-ring (bicyclic) bond motifs is 2. The van der Waals surface area contributed by atoms with E-state index in [-0.39, 0.29) is 11.5 Å². The third-order valence-corrected chi connectivity index (χ3v) is 6.75. The van der Waals surface area contributed by atoms with E-state index in [9.17, 15) is 4.79 Å². The monoisotopic (exact) mass is 512 g/mol. The van der Waals surface area contributed by atoms with E-state index in [1.54, 1.807) is 4.68 Å². The van der Waals surface area contributed by atoms with Crippen LogP contribution in [0.4, 0.5) is 0 Å². The molecule has 7 heteroatoms. The summed E-state index contributed by atoms with van der Waals surface area (Å²) in [5.41, 5.74) is 5.75. The Hall–Kier alpha value is -3.84. The number of ether oxygens (including phenoxy) is 1. The number of hydrogen-bond acceptors (Lipinski definition) is 3. The van der Waals surface area contributed by atoms with E-state index >= 15 is 0 Å². The van der Waals surface area contributed by atoms with Gasteiger partial charge >= 0.3 is 0 Å². The smallest absolute Gasteiger partial charge is 0.275 e. The van der Waals surface area contributed by atoms with Crippen molar-refractivity contribution in [3.05, 3.63) is 122 Å². The van der Waals surface area contributed by atoms with E-state index in [1.807, 2.05) is 97.4 Å². The zero-order valence-corrected chi connectivity index (χ0v) is 20.2. The first-order chi connectivity index (χ1) is 16.5. The lowest BCUT2D eigenvalue weighted by molar-refractivity contribution is 0.420. The molecule has 5 aromatic rings. The second kappa shape index (κ2) is 7.88. The van der Waals surface area contributed by atoms with Gasteiger partial charge in [-0.2, -0.15) is 5.10 Å². The standard InChI is InChI=1S/C27H21BrN4O2/c1-16-23(26(33)31(29-16)19-9-5-3-6-10-19)25-21-15-18(28)13-14-22(21)34-27-24(25)17(2)30-32(27)20-11-7-4-8-12-20/h3-15,25,29H,1-2H3. The maximum Gasteiger partial charge on any atom is 0.275 e. The minimum Gasteiger partial charge on any atom is -0.438 e. The Morgan fingerprint density at radius 1 is 0.912 bits per heavy atom. The molecule has 1 aliphatic rings. The topological polar surface area (TPSA) is 64.8 Å². The van der Waals surface area contributed by atoms with Gasteiger partial charge in [0.1, 0.15) is 5.75 Å². The van der Waals surface area contributed by atoms with E-state index in [1.165, 1.54) is 0 Å². The third-order valence-electron chi connectivity index (χ3n) is 6.26. The summed E-state index contributed by atoms with van der Waals surface area (Å²) in [6.45, 7) is 3.91. The number of hydrogen-bond donors (Lipinski definition) is 1. The van der Waals surface area contributed by atoms with Crippen LogP contribution in [-0.2, 0) is 0 Å². The molecule has 1 atom stereocenters. The van der Waals surface area contributed by atoms with Crippen molar-refractivity contribution < 1.29 is 4.74 Å². The molecule has 0 saturated heterocycles. The maximum atomic E-state index is 13.8. The predicted octanol–water partition coefficient (Wildman–Crippen LogP) is 6.02. The summed E-state index contributed by atoms with van der Waals surface area (Å²) >= 11 is 3.60. The van der Waals surface area contributed by atoms with Crippen molar-refractivity contribution in [3.8, 4) is 23.0 Å². The number of benzene rings is 3. The zero-order chi connectivity index (χ0) is 23.4. The van der Waals surface area contributed by atoms with Gasteiger partial charge in [-0.3, -0.25) is 9.89 Å². The molecule has 1 N–H and O–H groups in total. The molecule has 6 nitrogen and oxygen atoms in total. The van der Waals surface area contributed by atoms with E-state index in [0.29, 0.717) is 17.2 Å². The average molecular weight is 513 g/mol. The van der Waals surface area contributed by atoms with Crippen molar-refractivity contribution in [3.63, 3.8) is 0 Å². The summed E-state index contributed by atoms with van der Waals surface area (Å²) in [6, 6.07) is 25.4. The van der Waals surface area contributed by atoms with Crippen molar-refractivity contribution in [2.75, 3.05) is 0 Å². The molecule has 2 aromatic heterocycles. The van der Waals surface area contributed by atoms with Gasteiger partial charge in [0.05, 0.1) is 34.1 Å². The minimum absolute atomic E-state index is 0.0839. The van der Waals surface area contributed by atoms with E-state index in [0.717, 1.165) is 38.4 Å². The lowest BCUT2D eigenvalue weighted by atomic mass is 9.83. The highest BCUT2D eigenvalue weighted by atomic mass is 79.9. The van der Waals surface area contributed by atoms with Gasteiger partial charge in [-0.1, -0.05) is 52.3 Å². The molecule has 1 unspecified atom stereocenters. The maximum absolute atomic E-state index is 13.8. The van der Waals surface area contributed by atoms with Crippen molar-refractivity contribution in [1.82, 2.24) is 19.6 Å². The molecule has 0 spiro atoms. The van der Waals surface area contributed by atoms with Crippen molar-refractivity contribution in [2.24, 2.45) is 0 Å².